The van der Waals surface area contributed by atoms with Crippen molar-refractivity contribution in [2.45, 2.75) is 44.9 Å². The Hall–Kier alpha value is -2.48. The quantitative estimate of drug-likeness (QED) is 0.683. The molecule has 7 heteroatoms. The Morgan fingerprint density at radius 1 is 1.09 bits per heavy atom. The number of nitrogens with zero attached hydrogens (tertiary/aromatic N) is 4. The molecule has 0 spiro atoms. The zero-order chi connectivity index (χ0) is 23.5. The van der Waals surface area contributed by atoms with E-state index < -0.39 is 6.10 Å². The number of amides is 2. The second kappa shape index (κ2) is 10.4. The van der Waals surface area contributed by atoms with Gasteiger partial charge in [-0.15, -0.1) is 0 Å². The van der Waals surface area contributed by atoms with Crippen LogP contribution in [-0.4, -0.2) is 82.9 Å². The molecule has 1 N–H and O–H groups in total. The Morgan fingerprint density at radius 2 is 1.91 bits per heavy atom. The molecule has 0 saturated carbocycles. The Morgan fingerprint density at radius 3 is 2.71 bits per heavy atom. The molecule has 1 aromatic carbocycles. The molecule has 3 atom stereocenters. The molecule has 3 aliphatic heterocycles. The van der Waals surface area contributed by atoms with E-state index in [2.05, 4.69) is 48.2 Å². The predicted molar refractivity (Wildman–Crippen MR) is 130 cm³/mol. The first-order chi connectivity index (χ1) is 16.6. The van der Waals surface area contributed by atoms with Crippen LogP contribution >= 0.6 is 0 Å². The van der Waals surface area contributed by atoms with Gasteiger partial charge in [-0.1, -0.05) is 37.3 Å². The molecule has 2 saturated heterocycles. The number of urea groups is 1. The van der Waals surface area contributed by atoms with Crippen molar-refractivity contribution in [3.05, 3.63) is 65.0 Å². The third-order valence-electron chi connectivity index (χ3n) is 7.53. The lowest BCUT2D eigenvalue weighted by Gasteiger charge is -2.31. The van der Waals surface area contributed by atoms with E-state index in [1.165, 1.54) is 11.1 Å². The summed E-state index contributed by atoms with van der Waals surface area (Å²) in [5.74, 6) is 0.925. The van der Waals surface area contributed by atoms with E-state index >= 15 is 0 Å². The third-order valence-corrected chi connectivity index (χ3v) is 7.53. The van der Waals surface area contributed by atoms with Gasteiger partial charge in [-0.2, -0.15) is 0 Å². The zero-order valence-corrected chi connectivity index (χ0v) is 20.1. The van der Waals surface area contributed by atoms with Crippen molar-refractivity contribution in [2.75, 3.05) is 45.9 Å². The minimum Gasteiger partial charge on any atom is -0.390 e. The lowest BCUT2D eigenvalue weighted by Crippen LogP contribution is -2.43. The van der Waals surface area contributed by atoms with Crippen LogP contribution in [0.1, 0.15) is 41.6 Å². The van der Waals surface area contributed by atoms with E-state index in [1.54, 1.807) is 4.90 Å². The summed E-state index contributed by atoms with van der Waals surface area (Å²) < 4.78 is 5.55. The molecule has 7 nitrogen and oxygen atoms in total. The summed E-state index contributed by atoms with van der Waals surface area (Å²) in [6.45, 7) is 8.50. The highest BCUT2D eigenvalue weighted by atomic mass is 16.5. The molecule has 0 aliphatic carbocycles. The van der Waals surface area contributed by atoms with Crippen molar-refractivity contribution in [2.24, 2.45) is 5.92 Å². The van der Waals surface area contributed by atoms with Gasteiger partial charge in [0.15, 0.2) is 0 Å². The van der Waals surface area contributed by atoms with Gasteiger partial charge in [0.05, 0.1) is 6.10 Å². The molecule has 34 heavy (non-hydrogen) atoms. The standard InChI is InChI=1S/C27H36N4O3/c1-20-19-34-13-9-25(20)26-7-6-21(14-28-26)15-30-11-12-31(27(30)33)18-24(32)17-29-10-8-22-4-2-3-5-23(22)16-29/h2-7,14,20,24-25,32H,8-13,15-19H2,1H3. The Bertz CT molecular complexity index is 982. The summed E-state index contributed by atoms with van der Waals surface area (Å²) >= 11 is 0. The molecule has 3 aliphatic rings. The van der Waals surface area contributed by atoms with Crippen molar-refractivity contribution in [3.63, 3.8) is 0 Å². The minimum absolute atomic E-state index is 0.00479. The summed E-state index contributed by atoms with van der Waals surface area (Å²) in [6.07, 6.45) is 3.40. The number of pyridine rings is 1. The van der Waals surface area contributed by atoms with E-state index in [-0.39, 0.29) is 6.03 Å². The fourth-order valence-electron chi connectivity index (χ4n) is 5.56. The number of hydrogen-bond acceptors (Lipinski definition) is 5. The maximum atomic E-state index is 13.0. The van der Waals surface area contributed by atoms with Crippen LogP contribution < -0.4 is 0 Å². The fourth-order valence-corrected chi connectivity index (χ4v) is 5.56. The summed E-state index contributed by atoms with van der Waals surface area (Å²) in [5, 5.41) is 10.7. The number of carbonyl (C=O) groups excluding carboxylic acids is 1. The van der Waals surface area contributed by atoms with Gasteiger partial charge in [0.2, 0.25) is 0 Å². The highest BCUT2D eigenvalue weighted by Crippen LogP contribution is 2.30. The van der Waals surface area contributed by atoms with Gasteiger partial charge in [0.25, 0.3) is 0 Å². The fraction of sp³-hybridized carbons (Fsp3) is 0.556. The molecule has 1 aromatic heterocycles. The molecule has 4 heterocycles. The smallest absolute Gasteiger partial charge is 0.320 e. The van der Waals surface area contributed by atoms with Crippen molar-refractivity contribution in [3.8, 4) is 0 Å². The van der Waals surface area contributed by atoms with E-state index in [9.17, 15) is 9.90 Å². The molecule has 2 aromatic rings. The van der Waals surface area contributed by atoms with Gasteiger partial charge in [0, 0.05) is 76.8 Å². The molecule has 5 rings (SSSR count). The minimum atomic E-state index is -0.545. The number of ether oxygens (including phenoxy) is 1. The number of hydrogen-bond donors (Lipinski definition) is 1. The van der Waals surface area contributed by atoms with Crippen LogP contribution in [0, 0.1) is 5.92 Å². The van der Waals surface area contributed by atoms with Crippen molar-refractivity contribution in [1.82, 2.24) is 19.7 Å². The Balaban J connectivity index is 1.10. The number of benzene rings is 1. The largest absolute Gasteiger partial charge is 0.390 e. The van der Waals surface area contributed by atoms with Crippen molar-refractivity contribution in [1.29, 1.82) is 0 Å². The first-order valence-corrected chi connectivity index (χ1v) is 12.6. The van der Waals surface area contributed by atoms with Crippen LogP contribution in [0.4, 0.5) is 4.79 Å². The molecule has 2 fully saturated rings. The maximum absolute atomic E-state index is 13.0. The second-order valence-corrected chi connectivity index (χ2v) is 10.1. The van der Waals surface area contributed by atoms with E-state index in [1.807, 2.05) is 11.1 Å². The van der Waals surface area contributed by atoms with Gasteiger partial charge < -0.3 is 19.6 Å². The molecular weight excluding hydrogens is 428 g/mol. The van der Waals surface area contributed by atoms with Crippen molar-refractivity contribution < 1.29 is 14.6 Å². The number of aliphatic hydroxyl groups excluding tert-OH is 1. The summed E-state index contributed by atoms with van der Waals surface area (Å²) in [5.41, 5.74) is 4.92. The summed E-state index contributed by atoms with van der Waals surface area (Å²) in [4.78, 5) is 23.6. The van der Waals surface area contributed by atoms with Crippen LogP contribution in [0.3, 0.4) is 0 Å². The summed E-state index contributed by atoms with van der Waals surface area (Å²) in [6, 6.07) is 12.7. The van der Waals surface area contributed by atoms with Gasteiger partial charge in [-0.3, -0.25) is 9.88 Å². The number of fused-ring (bicyclic) bond motifs is 1. The SMILES string of the molecule is CC1COCCC1c1ccc(CN2CCN(CC(O)CN3CCc4ccccc4C3)C2=O)cn1. The van der Waals surface area contributed by atoms with Crippen LogP contribution in [0.2, 0.25) is 0 Å². The highest BCUT2D eigenvalue weighted by Gasteiger charge is 2.31. The summed E-state index contributed by atoms with van der Waals surface area (Å²) in [7, 11) is 0. The van der Waals surface area contributed by atoms with Crippen LogP contribution in [0.5, 0.6) is 0 Å². The third kappa shape index (κ3) is 5.27. The number of rotatable bonds is 7. The number of aromatic nitrogens is 1. The lowest BCUT2D eigenvalue weighted by molar-refractivity contribution is 0.0463. The average molecular weight is 465 g/mol. The van der Waals surface area contributed by atoms with Gasteiger partial charge >= 0.3 is 6.03 Å². The van der Waals surface area contributed by atoms with Crippen molar-refractivity contribution >= 4 is 6.03 Å². The monoisotopic (exact) mass is 464 g/mol. The Kier molecular flexibility index (Phi) is 7.13. The number of β-amino-alcohol motifs (C(OH)–C–C–N with tert-alkyl or cyclic N) is 1. The predicted octanol–water partition coefficient (Wildman–Crippen LogP) is 2.88. The molecular formula is C27H36N4O3. The normalized spacial score (nSPS) is 24.4. The second-order valence-electron chi connectivity index (χ2n) is 10.1. The number of aliphatic hydroxyl groups is 1. The molecule has 0 bridgehead atoms. The van der Waals surface area contributed by atoms with E-state index in [0.717, 1.165) is 50.4 Å². The molecule has 2 amide bonds. The Labute approximate surface area is 202 Å². The van der Waals surface area contributed by atoms with Gasteiger partial charge in [0.1, 0.15) is 0 Å². The first-order valence-electron chi connectivity index (χ1n) is 12.6. The highest BCUT2D eigenvalue weighted by molar-refractivity contribution is 5.76. The lowest BCUT2D eigenvalue weighted by atomic mass is 9.87. The van der Waals surface area contributed by atoms with E-state index in [0.29, 0.717) is 44.6 Å². The topological polar surface area (TPSA) is 69.1 Å². The van der Waals surface area contributed by atoms with E-state index in [4.69, 9.17) is 9.72 Å². The number of carbonyl (C=O) groups is 1. The van der Waals surface area contributed by atoms with Crippen LogP contribution in [0.15, 0.2) is 42.6 Å². The molecule has 0 radical (unpaired) electrons. The van der Waals surface area contributed by atoms with Gasteiger partial charge in [-0.05, 0) is 41.5 Å². The van der Waals surface area contributed by atoms with Gasteiger partial charge in [-0.25, -0.2) is 4.79 Å². The zero-order valence-electron chi connectivity index (χ0n) is 20.1. The molecule has 3 unspecified atom stereocenters. The first kappa shape index (κ1) is 23.3. The maximum Gasteiger partial charge on any atom is 0.320 e. The van der Waals surface area contributed by atoms with Crippen LogP contribution in [-0.2, 0) is 24.2 Å². The molecule has 182 valence electrons. The average Bonchev–Trinajstić information content (AvgIpc) is 3.18. The van der Waals surface area contributed by atoms with Crippen LogP contribution in [0.25, 0.3) is 0 Å².